The van der Waals surface area contributed by atoms with Crippen LogP contribution < -0.4 is 5.32 Å². The van der Waals surface area contributed by atoms with Crippen LogP contribution in [0.4, 0.5) is 5.69 Å². The van der Waals surface area contributed by atoms with E-state index in [1.54, 1.807) is 0 Å². The Morgan fingerprint density at radius 3 is 2.54 bits per heavy atom. The zero-order valence-electron chi connectivity index (χ0n) is 16.3. The number of nitrogens with zero attached hydrogens (tertiary/aromatic N) is 3. The fourth-order valence-corrected chi connectivity index (χ4v) is 3.63. The Morgan fingerprint density at radius 1 is 1.00 bits per heavy atom. The summed E-state index contributed by atoms with van der Waals surface area (Å²) in [4.78, 5) is 21.3. The van der Waals surface area contributed by atoms with Gasteiger partial charge in [0.2, 0.25) is 5.91 Å². The molecule has 3 aromatic rings. The summed E-state index contributed by atoms with van der Waals surface area (Å²) in [5.41, 5.74) is 4.40. The summed E-state index contributed by atoms with van der Waals surface area (Å²) >= 11 is 0. The van der Waals surface area contributed by atoms with Gasteiger partial charge in [-0.2, -0.15) is 0 Å². The standard InChI is InChI=1S/C23H26N4O/c1-18-4-7-21(8-5-18)25-23(28)17-27-13-11-26(12-14-27)16-19-6-9-22-20(15-19)3-2-10-24-22/h2-10,15H,11-14,16-17H2,1H3,(H,25,28). The van der Waals surface area contributed by atoms with Crippen LogP contribution in [0.25, 0.3) is 10.9 Å². The number of hydrogen-bond donors (Lipinski definition) is 1. The Balaban J connectivity index is 1.25. The van der Waals surface area contributed by atoms with Crippen molar-refractivity contribution in [3.8, 4) is 0 Å². The monoisotopic (exact) mass is 374 g/mol. The van der Waals surface area contributed by atoms with E-state index in [-0.39, 0.29) is 5.91 Å². The minimum absolute atomic E-state index is 0.0549. The number of rotatable bonds is 5. The number of amides is 1. The lowest BCUT2D eigenvalue weighted by Crippen LogP contribution is -2.48. The normalized spacial score (nSPS) is 15.6. The van der Waals surface area contributed by atoms with Crippen molar-refractivity contribution in [3.63, 3.8) is 0 Å². The Morgan fingerprint density at radius 2 is 1.75 bits per heavy atom. The maximum absolute atomic E-state index is 12.3. The molecule has 1 amide bonds. The first-order chi connectivity index (χ1) is 13.7. The van der Waals surface area contributed by atoms with Crippen LogP contribution in [0.3, 0.4) is 0 Å². The molecule has 1 aliphatic heterocycles. The zero-order valence-corrected chi connectivity index (χ0v) is 16.3. The van der Waals surface area contributed by atoms with Crippen molar-refractivity contribution in [1.29, 1.82) is 0 Å². The molecule has 0 spiro atoms. The molecule has 1 aliphatic rings. The number of piperazine rings is 1. The van der Waals surface area contributed by atoms with Gasteiger partial charge in [0.05, 0.1) is 12.1 Å². The predicted octanol–water partition coefficient (Wildman–Crippen LogP) is 3.30. The molecule has 0 unspecified atom stereocenters. The lowest BCUT2D eigenvalue weighted by atomic mass is 10.1. The zero-order chi connectivity index (χ0) is 19.3. The van der Waals surface area contributed by atoms with E-state index in [1.165, 1.54) is 16.5 Å². The molecule has 1 N–H and O–H groups in total. The lowest BCUT2D eigenvalue weighted by molar-refractivity contribution is -0.117. The number of anilines is 1. The second-order valence-electron chi connectivity index (χ2n) is 7.50. The van der Waals surface area contributed by atoms with Crippen molar-refractivity contribution >= 4 is 22.5 Å². The SMILES string of the molecule is Cc1ccc(NC(=O)CN2CCN(Cc3ccc4ncccc4c3)CC2)cc1. The average Bonchev–Trinajstić information content (AvgIpc) is 2.71. The van der Waals surface area contributed by atoms with E-state index in [9.17, 15) is 4.79 Å². The molecule has 0 aliphatic carbocycles. The summed E-state index contributed by atoms with van der Waals surface area (Å²) in [6.07, 6.45) is 1.83. The number of benzene rings is 2. The van der Waals surface area contributed by atoms with Crippen LogP contribution >= 0.6 is 0 Å². The van der Waals surface area contributed by atoms with E-state index in [0.29, 0.717) is 6.54 Å². The van der Waals surface area contributed by atoms with Crippen LogP contribution in [0.15, 0.2) is 60.8 Å². The van der Waals surface area contributed by atoms with E-state index < -0.39 is 0 Å². The molecule has 5 nitrogen and oxygen atoms in total. The molecule has 5 heteroatoms. The van der Waals surface area contributed by atoms with Crippen LogP contribution in [0, 0.1) is 6.92 Å². The van der Waals surface area contributed by atoms with Gasteiger partial charge >= 0.3 is 0 Å². The van der Waals surface area contributed by atoms with Crippen LogP contribution in [0.2, 0.25) is 0 Å². The van der Waals surface area contributed by atoms with Crippen molar-refractivity contribution in [1.82, 2.24) is 14.8 Å². The number of pyridine rings is 1. The van der Waals surface area contributed by atoms with Crippen molar-refractivity contribution in [2.75, 3.05) is 38.0 Å². The predicted molar refractivity (Wildman–Crippen MR) is 113 cm³/mol. The van der Waals surface area contributed by atoms with Crippen LogP contribution in [0.1, 0.15) is 11.1 Å². The Kier molecular flexibility index (Phi) is 5.65. The summed E-state index contributed by atoms with van der Waals surface area (Å²) in [7, 11) is 0. The molecule has 2 aromatic carbocycles. The Hall–Kier alpha value is -2.76. The number of fused-ring (bicyclic) bond motifs is 1. The summed E-state index contributed by atoms with van der Waals surface area (Å²) in [6, 6.07) is 18.5. The number of aryl methyl sites for hydroxylation is 1. The van der Waals surface area contributed by atoms with Crippen LogP contribution in [-0.2, 0) is 11.3 Å². The van der Waals surface area contributed by atoms with Gasteiger partial charge in [-0.05, 0) is 42.8 Å². The number of hydrogen-bond acceptors (Lipinski definition) is 4. The molecule has 0 radical (unpaired) electrons. The van der Waals surface area contributed by atoms with Crippen molar-refractivity contribution in [2.45, 2.75) is 13.5 Å². The van der Waals surface area contributed by atoms with Crippen LogP contribution in [0.5, 0.6) is 0 Å². The van der Waals surface area contributed by atoms with Gasteiger partial charge in [-0.15, -0.1) is 0 Å². The smallest absolute Gasteiger partial charge is 0.238 e. The first kappa shape index (κ1) is 18.6. The van der Waals surface area contributed by atoms with E-state index in [4.69, 9.17) is 0 Å². The van der Waals surface area contributed by atoms with E-state index >= 15 is 0 Å². The molecule has 2 heterocycles. The Bertz CT molecular complexity index is 946. The molecule has 0 saturated carbocycles. The van der Waals surface area contributed by atoms with Gasteiger partial charge in [-0.25, -0.2) is 0 Å². The number of carbonyl (C=O) groups is 1. The molecule has 1 aromatic heterocycles. The Labute approximate surface area is 166 Å². The first-order valence-electron chi connectivity index (χ1n) is 9.81. The average molecular weight is 374 g/mol. The van der Waals surface area contributed by atoms with Crippen molar-refractivity contribution in [3.05, 3.63) is 71.9 Å². The molecule has 0 atom stereocenters. The summed E-state index contributed by atoms with van der Waals surface area (Å²) in [5.74, 6) is 0.0549. The molecule has 0 bridgehead atoms. The minimum Gasteiger partial charge on any atom is -0.325 e. The number of aromatic nitrogens is 1. The highest BCUT2D eigenvalue weighted by molar-refractivity contribution is 5.92. The maximum Gasteiger partial charge on any atom is 0.238 e. The molecular weight excluding hydrogens is 348 g/mol. The minimum atomic E-state index is 0.0549. The maximum atomic E-state index is 12.3. The van der Waals surface area contributed by atoms with Gasteiger partial charge in [-0.1, -0.05) is 29.8 Å². The summed E-state index contributed by atoms with van der Waals surface area (Å²) < 4.78 is 0. The third-order valence-electron chi connectivity index (χ3n) is 5.24. The molecule has 144 valence electrons. The highest BCUT2D eigenvalue weighted by Gasteiger charge is 2.19. The van der Waals surface area contributed by atoms with Gasteiger partial charge in [0, 0.05) is 50.0 Å². The lowest BCUT2D eigenvalue weighted by Gasteiger charge is -2.34. The summed E-state index contributed by atoms with van der Waals surface area (Å²) in [6.45, 7) is 7.20. The van der Waals surface area contributed by atoms with Gasteiger partial charge in [0.15, 0.2) is 0 Å². The third kappa shape index (κ3) is 4.74. The molecule has 1 fully saturated rings. The molecular formula is C23H26N4O. The second-order valence-corrected chi connectivity index (χ2v) is 7.50. The number of carbonyl (C=O) groups excluding carboxylic acids is 1. The fraction of sp³-hybridized carbons (Fsp3) is 0.304. The highest BCUT2D eigenvalue weighted by atomic mass is 16.2. The van der Waals surface area contributed by atoms with E-state index in [0.717, 1.165) is 43.9 Å². The van der Waals surface area contributed by atoms with Gasteiger partial charge in [-0.3, -0.25) is 19.6 Å². The number of nitrogens with one attached hydrogen (secondary N) is 1. The van der Waals surface area contributed by atoms with Crippen molar-refractivity contribution in [2.24, 2.45) is 0 Å². The van der Waals surface area contributed by atoms with Gasteiger partial charge in [0.1, 0.15) is 0 Å². The highest BCUT2D eigenvalue weighted by Crippen LogP contribution is 2.16. The summed E-state index contributed by atoms with van der Waals surface area (Å²) in [5, 5.41) is 4.17. The fourth-order valence-electron chi connectivity index (χ4n) is 3.63. The van der Waals surface area contributed by atoms with Gasteiger partial charge in [0.25, 0.3) is 0 Å². The van der Waals surface area contributed by atoms with Gasteiger partial charge < -0.3 is 5.32 Å². The molecule has 4 rings (SSSR count). The van der Waals surface area contributed by atoms with E-state index in [1.807, 2.05) is 43.5 Å². The second kappa shape index (κ2) is 8.50. The topological polar surface area (TPSA) is 48.5 Å². The quantitative estimate of drug-likeness (QED) is 0.744. The molecule has 28 heavy (non-hydrogen) atoms. The van der Waals surface area contributed by atoms with E-state index in [2.05, 4.69) is 44.4 Å². The van der Waals surface area contributed by atoms with Crippen molar-refractivity contribution < 1.29 is 4.79 Å². The molecule has 1 saturated heterocycles. The largest absolute Gasteiger partial charge is 0.325 e. The first-order valence-corrected chi connectivity index (χ1v) is 9.81. The van der Waals surface area contributed by atoms with Crippen LogP contribution in [-0.4, -0.2) is 53.4 Å². The third-order valence-corrected chi connectivity index (χ3v) is 5.24.